The molecule has 0 N–H and O–H groups in total. The van der Waals surface area contributed by atoms with E-state index in [0.717, 1.165) is 22.9 Å². The van der Waals surface area contributed by atoms with Crippen LogP contribution in [0.1, 0.15) is 29.9 Å². The molecule has 1 aromatic carbocycles. The summed E-state index contributed by atoms with van der Waals surface area (Å²) in [6, 6.07) is 6.10. The highest BCUT2D eigenvalue weighted by atomic mass is 79.9. The van der Waals surface area contributed by atoms with Crippen molar-refractivity contribution in [2.45, 2.75) is 30.8 Å². The van der Waals surface area contributed by atoms with Gasteiger partial charge in [0.15, 0.2) is 9.84 Å². The van der Waals surface area contributed by atoms with Crippen LogP contribution in [0.25, 0.3) is 0 Å². The number of hydrogen-bond acceptors (Lipinski definition) is 4. The number of carbonyl (C=O) groups excluding carboxylic acids is 1. The molecule has 1 aliphatic carbocycles. The monoisotopic (exact) mass is 413 g/mol. The Morgan fingerprint density at radius 3 is 2.96 bits per heavy atom. The van der Waals surface area contributed by atoms with Crippen molar-refractivity contribution in [3.63, 3.8) is 0 Å². The molecule has 3 aliphatic rings. The molecule has 0 aromatic heterocycles. The van der Waals surface area contributed by atoms with Crippen molar-refractivity contribution in [2.24, 2.45) is 0 Å². The highest BCUT2D eigenvalue weighted by molar-refractivity contribution is 9.10. The van der Waals surface area contributed by atoms with Crippen LogP contribution in [-0.2, 0) is 25.8 Å². The van der Waals surface area contributed by atoms with Crippen LogP contribution < -0.4 is 0 Å². The van der Waals surface area contributed by atoms with E-state index in [9.17, 15) is 13.2 Å². The van der Waals surface area contributed by atoms with Crippen molar-refractivity contribution >= 4 is 31.7 Å². The average molecular weight is 414 g/mol. The van der Waals surface area contributed by atoms with Crippen molar-refractivity contribution < 1.29 is 17.9 Å². The minimum absolute atomic E-state index is 0.0397. The Kier molecular flexibility index (Phi) is 4.01. The quantitative estimate of drug-likeness (QED) is 0.704. The predicted molar refractivity (Wildman–Crippen MR) is 93.7 cm³/mol. The molecule has 2 heterocycles. The van der Waals surface area contributed by atoms with Gasteiger partial charge in [0.2, 0.25) is 5.91 Å². The molecular weight excluding hydrogens is 394 g/mol. The number of hydrogen-bond donors (Lipinski definition) is 0. The summed E-state index contributed by atoms with van der Waals surface area (Å²) in [5, 5.41) is 0. The summed E-state index contributed by atoms with van der Waals surface area (Å²) in [7, 11) is -3.04. The molecule has 2 aliphatic heterocycles. The van der Waals surface area contributed by atoms with Gasteiger partial charge in [-0.3, -0.25) is 4.79 Å². The Labute approximate surface area is 150 Å². The largest absolute Gasteiger partial charge is 0.370 e. The topological polar surface area (TPSA) is 63.7 Å². The third-order valence-electron chi connectivity index (χ3n) is 5.39. The van der Waals surface area contributed by atoms with Gasteiger partial charge in [-0.2, -0.15) is 0 Å². The molecule has 24 heavy (non-hydrogen) atoms. The van der Waals surface area contributed by atoms with Gasteiger partial charge in [0, 0.05) is 11.0 Å². The van der Waals surface area contributed by atoms with Crippen LogP contribution in [0.3, 0.4) is 0 Å². The number of rotatable bonds is 1. The number of ether oxygens (including phenoxy) is 1. The molecule has 0 saturated carbocycles. The SMILES string of the molecule is O=C(C1CCc2cc(Br)ccc21)N1CCOC2(CCS(=O)(=O)C2)C1. The summed E-state index contributed by atoms with van der Waals surface area (Å²) in [6.07, 6.45) is 2.23. The van der Waals surface area contributed by atoms with Gasteiger partial charge in [-0.05, 0) is 42.5 Å². The van der Waals surface area contributed by atoms with Crippen LogP contribution in [0, 0.1) is 0 Å². The minimum Gasteiger partial charge on any atom is -0.370 e. The van der Waals surface area contributed by atoms with Crippen molar-refractivity contribution in [1.29, 1.82) is 0 Å². The first-order chi connectivity index (χ1) is 11.4. The Morgan fingerprint density at radius 1 is 1.38 bits per heavy atom. The van der Waals surface area contributed by atoms with Crippen LogP contribution in [0.4, 0.5) is 0 Å². The van der Waals surface area contributed by atoms with E-state index in [2.05, 4.69) is 22.0 Å². The van der Waals surface area contributed by atoms with E-state index in [-0.39, 0.29) is 23.3 Å². The first-order valence-corrected chi connectivity index (χ1v) is 10.9. The predicted octanol–water partition coefficient (Wildman–Crippen LogP) is 1.89. The Morgan fingerprint density at radius 2 is 2.21 bits per heavy atom. The van der Waals surface area contributed by atoms with Crippen LogP contribution in [0.2, 0.25) is 0 Å². The maximum atomic E-state index is 13.1. The Balaban J connectivity index is 1.54. The number of morpholine rings is 1. The summed E-state index contributed by atoms with van der Waals surface area (Å²) in [5.74, 6) is 0.206. The lowest BCUT2D eigenvalue weighted by Crippen LogP contribution is -2.55. The molecule has 2 fully saturated rings. The molecule has 7 heteroatoms. The molecule has 5 nitrogen and oxygen atoms in total. The second kappa shape index (κ2) is 5.81. The second-order valence-electron chi connectivity index (χ2n) is 7.07. The number of benzene rings is 1. The number of amides is 1. The van der Waals surface area contributed by atoms with E-state index in [1.165, 1.54) is 5.56 Å². The molecule has 2 unspecified atom stereocenters. The standard InChI is InChI=1S/C17H20BrNO4S/c18-13-2-4-14-12(9-13)1-3-15(14)16(20)19-6-7-23-17(10-19)5-8-24(21,22)11-17/h2,4,9,15H,1,3,5-8,10-11H2. The molecule has 1 amide bonds. The minimum atomic E-state index is -3.04. The summed E-state index contributed by atoms with van der Waals surface area (Å²) < 4.78 is 30.5. The van der Waals surface area contributed by atoms with Crippen LogP contribution in [0.5, 0.6) is 0 Å². The fourth-order valence-corrected chi connectivity index (χ4v) is 6.58. The van der Waals surface area contributed by atoms with E-state index >= 15 is 0 Å². The first kappa shape index (κ1) is 16.5. The molecule has 2 saturated heterocycles. The molecule has 0 bridgehead atoms. The average Bonchev–Trinajstić information content (AvgIpc) is 3.07. The maximum Gasteiger partial charge on any atom is 0.230 e. The number of nitrogens with zero attached hydrogens (tertiary/aromatic N) is 1. The van der Waals surface area contributed by atoms with E-state index in [1.54, 1.807) is 0 Å². The number of sulfone groups is 1. The van der Waals surface area contributed by atoms with Crippen molar-refractivity contribution in [3.05, 3.63) is 33.8 Å². The van der Waals surface area contributed by atoms with Crippen molar-refractivity contribution in [1.82, 2.24) is 4.90 Å². The van der Waals surface area contributed by atoms with Gasteiger partial charge in [-0.25, -0.2) is 8.42 Å². The van der Waals surface area contributed by atoms with Crippen molar-refractivity contribution in [2.75, 3.05) is 31.2 Å². The van der Waals surface area contributed by atoms with Gasteiger partial charge in [0.1, 0.15) is 5.60 Å². The summed E-state index contributed by atoms with van der Waals surface area (Å²) in [6.45, 7) is 1.36. The molecule has 1 spiro atoms. The number of halogens is 1. The first-order valence-electron chi connectivity index (χ1n) is 8.29. The van der Waals surface area contributed by atoms with E-state index < -0.39 is 15.4 Å². The fraction of sp³-hybridized carbons (Fsp3) is 0.588. The number of fused-ring (bicyclic) bond motifs is 1. The highest BCUT2D eigenvalue weighted by Gasteiger charge is 2.48. The van der Waals surface area contributed by atoms with Gasteiger partial charge in [-0.15, -0.1) is 0 Å². The summed E-state index contributed by atoms with van der Waals surface area (Å²) in [5.41, 5.74) is 1.66. The molecule has 0 radical (unpaired) electrons. The van der Waals surface area contributed by atoms with E-state index in [4.69, 9.17) is 4.74 Å². The van der Waals surface area contributed by atoms with Gasteiger partial charge >= 0.3 is 0 Å². The summed E-state index contributed by atoms with van der Waals surface area (Å²) >= 11 is 3.48. The molecule has 4 rings (SSSR count). The second-order valence-corrected chi connectivity index (χ2v) is 10.2. The van der Waals surface area contributed by atoms with Gasteiger partial charge in [-0.1, -0.05) is 22.0 Å². The van der Waals surface area contributed by atoms with E-state index in [1.807, 2.05) is 17.0 Å². The van der Waals surface area contributed by atoms with Gasteiger partial charge in [0.05, 0.1) is 30.6 Å². The third-order valence-corrected chi connectivity index (χ3v) is 7.68. The lowest BCUT2D eigenvalue weighted by Gasteiger charge is -2.40. The van der Waals surface area contributed by atoms with Crippen LogP contribution in [0.15, 0.2) is 22.7 Å². The Hall–Kier alpha value is -0.920. The summed E-state index contributed by atoms with van der Waals surface area (Å²) in [4.78, 5) is 14.9. The van der Waals surface area contributed by atoms with E-state index in [0.29, 0.717) is 26.1 Å². The number of aryl methyl sites for hydroxylation is 1. The zero-order chi connectivity index (χ0) is 16.9. The number of carbonyl (C=O) groups is 1. The molecule has 2 atom stereocenters. The van der Waals surface area contributed by atoms with Crippen LogP contribution >= 0.6 is 15.9 Å². The van der Waals surface area contributed by atoms with Gasteiger partial charge in [0.25, 0.3) is 0 Å². The maximum absolute atomic E-state index is 13.1. The smallest absolute Gasteiger partial charge is 0.230 e. The van der Waals surface area contributed by atoms with Gasteiger partial charge < -0.3 is 9.64 Å². The molecule has 130 valence electrons. The third kappa shape index (κ3) is 2.91. The zero-order valence-corrected chi connectivity index (χ0v) is 15.7. The highest BCUT2D eigenvalue weighted by Crippen LogP contribution is 2.38. The fourth-order valence-electron chi connectivity index (χ4n) is 4.22. The lowest BCUT2D eigenvalue weighted by molar-refractivity contribution is -0.148. The van der Waals surface area contributed by atoms with Crippen molar-refractivity contribution in [3.8, 4) is 0 Å². The molecule has 1 aromatic rings. The Bertz CT molecular complexity index is 794. The zero-order valence-electron chi connectivity index (χ0n) is 13.3. The molecular formula is C17H20BrNO4S. The van der Waals surface area contributed by atoms with Crippen LogP contribution in [-0.4, -0.2) is 56.0 Å². The lowest BCUT2D eigenvalue weighted by atomic mass is 9.96. The normalized spacial score (nSPS) is 31.4.